The summed E-state index contributed by atoms with van der Waals surface area (Å²) in [7, 11) is 1.95. The van der Waals surface area contributed by atoms with Crippen LogP contribution in [-0.4, -0.2) is 9.94 Å². The second-order valence-corrected chi connectivity index (χ2v) is 2.42. The normalized spacial score (nSPS) is 10.3. The molecule has 0 saturated carbocycles. The van der Waals surface area contributed by atoms with Crippen LogP contribution >= 0.6 is 0 Å². The van der Waals surface area contributed by atoms with Crippen molar-refractivity contribution < 1.29 is 9.77 Å². The molecule has 0 aliphatic carbocycles. The standard InChI is InChI=1S/C7H13N2O/c1-4-7-5-9(10)6(2)8(7)3/h5,10H,4H2,1-3H3/q+1. The van der Waals surface area contributed by atoms with Crippen LogP contribution in [0.15, 0.2) is 6.20 Å². The predicted octanol–water partition coefficient (Wildman–Crippen LogP) is 0.421. The van der Waals surface area contributed by atoms with E-state index in [9.17, 15) is 0 Å². The summed E-state index contributed by atoms with van der Waals surface area (Å²) in [6, 6.07) is 0. The molecule has 1 rings (SSSR count). The van der Waals surface area contributed by atoms with Crippen molar-refractivity contribution in [2.75, 3.05) is 0 Å². The van der Waals surface area contributed by atoms with E-state index in [0.717, 1.165) is 22.7 Å². The summed E-state index contributed by atoms with van der Waals surface area (Å²) in [6.07, 6.45) is 2.68. The first kappa shape index (κ1) is 7.12. The van der Waals surface area contributed by atoms with E-state index in [-0.39, 0.29) is 0 Å². The summed E-state index contributed by atoms with van der Waals surface area (Å²) in [5.41, 5.74) is 1.14. The Balaban J connectivity index is 3.17. The zero-order chi connectivity index (χ0) is 7.72. The molecule has 0 fully saturated rings. The molecule has 0 aliphatic heterocycles. The molecule has 56 valence electrons. The van der Waals surface area contributed by atoms with Crippen LogP contribution in [0.4, 0.5) is 0 Å². The number of aromatic nitrogens is 2. The van der Waals surface area contributed by atoms with E-state index in [0.29, 0.717) is 0 Å². The van der Waals surface area contributed by atoms with Crippen molar-refractivity contribution in [3.8, 4) is 0 Å². The van der Waals surface area contributed by atoms with E-state index < -0.39 is 0 Å². The Kier molecular flexibility index (Phi) is 1.66. The number of hydrogen-bond acceptors (Lipinski definition) is 1. The van der Waals surface area contributed by atoms with Gasteiger partial charge in [-0.1, -0.05) is 11.7 Å². The predicted molar refractivity (Wildman–Crippen MR) is 36.9 cm³/mol. The molecule has 0 aromatic carbocycles. The summed E-state index contributed by atoms with van der Waals surface area (Å²) < 4.78 is 3.12. The first-order valence-electron chi connectivity index (χ1n) is 3.43. The van der Waals surface area contributed by atoms with E-state index in [1.165, 1.54) is 0 Å². The lowest BCUT2D eigenvalue weighted by atomic mass is 10.4. The zero-order valence-electron chi connectivity index (χ0n) is 6.63. The van der Waals surface area contributed by atoms with E-state index >= 15 is 0 Å². The quantitative estimate of drug-likeness (QED) is 0.445. The van der Waals surface area contributed by atoms with Crippen molar-refractivity contribution in [3.05, 3.63) is 17.7 Å². The third kappa shape index (κ3) is 0.875. The van der Waals surface area contributed by atoms with Gasteiger partial charge in [0.2, 0.25) is 0 Å². The van der Waals surface area contributed by atoms with Crippen molar-refractivity contribution in [2.45, 2.75) is 20.3 Å². The van der Waals surface area contributed by atoms with Gasteiger partial charge in [-0.05, 0) is 0 Å². The summed E-state index contributed by atoms with van der Waals surface area (Å²) in [4.78, 5) is 0. The molecule has 0 bridgehead atoms. The average molecular weight is 141 g/mol. The molecule has 0 saturated heterocycles. The second-order valence-electron chi connectivity index (χ2n) is 2.42. The highest BCUT2D eigenvalue weighted by Gasteiger charge is 2.13. The molecule has 1 aromatic heterocycles. The average Bonchev–Trinajstić information content (AvgIpc) is 2.17. The van der Waals surface area contributed by atoms with Gasteiger partial charge in [0.15, 0.2) is 6.20 Å². The highest BCUT2D eigenvalue weighted by Crippen LogP contribution is 1.95. The van der Waals surface area contributed by atoms with Gasteiger partial charge in [-0.2, -0.15) is 0 Å². The lowest BCUT2D eigenvalue weighted by Crippen LogP contribution is -2.34. The lowest BCUT2D eigenvalue weighted by Gasteiger charge is -1.88. The minimum absolute atomic E-state index is 0.858. The molecule has 0 radical (unpaired) electrons. The molecule has 3 heteroatoms. The Labute approximate surface area is 60.5 Å². The van der Waals surface area contributed by atoms with Gasteiger partial charge < -0.3 is 5.21 Å². The van der Waals surface area contributed by atoms with Crippen LogP contribution in [0.25, 0.3) is 0 Å². The monoisotopic (exact) mass is 141 g/mol. The largest absolute Gasteiger partial charge is 0.350 e. The maximum Gasteiger partial charge on any atom is 0.293 e. The van der Waals surface area contributed by atoms with Gasteiger partial charge in [0.1, 0.15) is 5.69 Å². The number of rotatable bonds is 1. The summed E-state index contributed by atoms with van der Waals surface area (Å²) in [6.45, 7) is 3.94. The molecule has 1 aromatic rings. The van der Waals surface area contributed by atoms with Crippen LogP contribution in [0.5, 0.6) is 0 Å². The molecular weight excluding hydrogens is 128 g/mol. The smallest absolute Gasteiger partial charge is 0.293 e. The van der Waals surface area contributed by atoms with Crippen LogP contribution in [0.1, 0.15) is 18.4 Å². The molecule has 0 aliphatic rings. The van der Waals surface area contributed by atoms with Gasteiger partial charge >= 0.3 is 0 Å². The molecule has 10 heavy (non-hydrogen) atoms. The first-order chi connectivity index (χ1) is 4.66. The van der Waals surface area contributed by atoms with E-state index in [4.69, 9.17) is 5.21 Å². The topological polar surface area (TPSA) is 29.0 Å². The van der Waals surface area contributed by atoms with Crippen LogP contribution in [0.2, 0.25) is 0 Å². The van der Waals surface area contributed by atoms with Crippen LogP contribution < -0.4 is 4.57 Å². The lowest BCUT2D eigenvalue weighted by molar-refractivity contribution is -0.685. The van der Waals surface area contributed by atoms with Gasteiger partial charge in [-0.15, -0.1) is 0 Å². The first-order valence-corrected chi connectivity index (χ1v) is 3.43. The maximum atomic E-state index is 9.15. The molecule has 0 unspecified atom stereocenters. The zero-order valence-corrected chi connectivity index (χ0v) is 6.63. The fraction of sp³-hybridized carbons (Fsp3) is 0.571. The molecule has 3 nitrogen and oxygen atoms in total. The van der Waals surface area contributed by atoms with Gasteiger partial charge in [-0.3, -0.25) is 0 Å². The third-order valence-electron chi connectivity index (χ3n) is 1.88. The second kappa shape index (κ2) is 2.33. The minimum atomic E-state index is 0.858. The molecule has 1 N–H and O–H groups in total. The van der Waals surface area contributed by atoms with Crippen LogP contribution in [-0.2, 0) is 13.5 Å². The Morgan fingerprint density at radius 1 is 1.70 bits per heavy atom. The summed E-state index contributed by atoms with van der Waals surface area (Å²) in [5, 5.41) is 9.15. The van der Waals surface area contributed by atoms with Gasteiger partial charge in [0, 0.05) is 13.3 Å². The Morgan fingerprint density at radius 3 is 2.50 bits per heavy atom. The minimum Gasteiger partial charge on any atom is -0.350 e. The fourth-order valence-corrected chi connectivity index (χ4v) is 1.01. The number of imidazole rings is 1. The number of hydrogen-bond donors (Lipinski definition) is 1. The number of nitrogens with zero attached hydrogens (tertiary/aromatic N) is 2. The van der Waals surface area contributed by atoms with Crippen molar-refractivity contribution >= 4 is 0 Å². The molecular formula is C7H13N2O+. The Hall–Kier alpha value is -0.990. The molecule has 1 heterocycles. The molecule has 0 atom stereocenters. The van der Waals surface area contributed by atoms with Crippen molar-refractivity contribution in [3.63, 3.8) is 0 Å². The highest BCUT2D eigenvalue weighted by atomic mass is 16.5. The van der Waals surface area contributed by atoms with Gasteiger partial charge in [0.25, 0.3) is 5.82 Å². The van der Waals surface area contributed by atoms with E-state index in [1.807, 2.05) is 18.5 Å². The Morgan fingerprint density at radius 2 is 2.30 bits per heavy atom. The third-order valence-corrected chi connectivity index (χ3v) is 1.88. The summed E-state index contributed by atoms with van der Waals surface area (Å²) >= 11 is 0. The Bertz CT molecular complexity index is 240. The van der Waals surface area contributed by atoms with E-state index in [2.05, 4.69) is 6.92 Å². The molecule has 0 spiro atoms. The maximum absolute atomic E-state index is 9.15. The number of aryl methyl sites for hydroxylation is 1. The van der Waals surface area contributed by atoms with Crippen LogP contribution in [0, 0.1) is 6.92 Å². The van der Waals surface area contributed by atoms with Crippen LogP contribution in [0.3, 0.4) is 0 Å². The van der Waals surface area contributed by atoms with Crippen molar-refractivity contribution in [1.29, 1.82) is 0 Å². The fourth-order valence-electron chi connectivity index (χ4n) is 1.01. The van der Waals surface area contributed by atoms with Crippen molar-refractivity contribution in [2.24, 2.45) is 7.05 Å². The SMILES string of the molecule is CCc1cn(O)c(C)[n+]1C. The highest BCUT2D eigenvalue weighted by molar-refractivity contribution is 4.90. The van der Waals surface area contributed by atoms with Gasteiger partial charge in [0.05, 0.1) is 7.05 Å². The van der Waals surface area contributed by atoms with Crippen molar-refractivity contribution in [1.82, 2.24) is 4.73 Å². The van der Waals surface area contributed by atoms with E-state index in [1.54, 1.807) is 6.20 Å². The molecule has 0 amide bonds. The van der Waals surface area contributed by atoms with Gasteiger partial charge in [-0.25, -0.2) is 4.57 Å². The summed E-state index contributed by atoms with van der Waals surface area (Å²) in [5.74, 6) is 0.858.